The molecule has 0 aliphatic rings. The number of hydrogen-bond donors (Lipinski definition) is 0. The Bertz CT molecular complexity index is 200. The molecule has 18 heavy (non-hydrogen) atoms. The van der Waals surface area contributed by atoms with Crippen molar-refractivity contribution in [2.75, 3.05) is 19.8 Å². The lowest BCUT2D eigenvalue weighted by Gasteiger charge is -2.07. The van der Waals surface area contributed by atoms with Crippen LogP contribution in [-0.4, -0.2) is 25.8 Å². The first kappa shape index (κ1) is 17.4. The summed E-state index contributed by atoms with van der Waals surface area (Å²) in [7, 11) is 0. The standard InChI is InChI=1S/C15H30O3/c1-13(2)7-5-9-15(16)18-12-11-17-10-6-8-14(3)4/h13-14H,5-12H2,1-4H3. The van der Waals surface area contributed by atoms with E-state index < -0.39 is 0 Å². The molecule has 0 aliphatic heterocycles. The molecule has 0 saturated heterocycles. The predicted octanol–water partition coefficient (Wildman–Crippen LogP) is 3.81. The van der Waals surface area contributed by atoms with Gasteiger partial charge in [0.25, 0.3) is 0 Å². The molecule has 0 fully saturated rings. The molecule has 0 aliphatic carbocycles. The molecule has 0 aromatic rings. The van der Waals surface area contributed by atoms with Crippen molar-refractivity contribution >= 4 is 5.97 Å². The van der Waals surface area contributed by atoms with Crippen molar-refractivity contribution in [2.24, 2.45) is 11.8 Å². The third-order valence-corrected chi connectivity index (χ3v) is 2.72. The van der Waals surface area contributed by atoms with Gasteiger partial charge in [-0.25, -0.2) is 0 Å². The van der Waals surface area contributed by atoms with Crippen LogP contribution < -0.4 is 0 Å². The summed E-state index contributed by atoms with van der Waals surface area (Å²) in [6, 6.07) is 0. The maximum absolute atomic E-state index is 11.3. The Labute approximate surface area is 112 Å². The van der Waals surface area contributed by atoms with Crippen LogP contribution in [0, 0.1) is 11.8 Å². The van der Waals surface area contributed by atoms with Crippen LogP contribution in [-0.2, 0) is 14.3 Å². The Morgan fingerprint density at radius 1 is 0.889 bits per heavy atom. The molecule has 0 saturated carbocycles. The SMILES string of the molecule is CC(C)CCCOCCOC(=O)CCCC(C)C. The zero-order valence-electron chi connectivity index (χ0n) is 12.5. The van der Waals surface area contributed by atoms with E-state index in [4.69, 9.17) is 9.47 Å². The minimum Gasteiger partial charge on any atom is -0.463 e. The maximum atomic E-state index is 11.3. The molecule has 0 amide bonds. The molecule has 0 rings (SSSR count). The lowest BCUT2D eigenvalue weighted by Crippen LogP contribution is -2.11. The third-order valence-electron chi connectivity index (χ3n) is 2.72. The van der Waals surface area contributed by atoms with Crippen molar-refractivity contribution in [2.45, 2.75) is 59.8 Å². The number of carbonyl (C=O) groups excluding carboxylic acids is 1. The van der Waals surface area contributed by atoms with E-state index >= 15 is 0 Å². The molecule has 0 heterocycles. The van der Waals surface area contributed by atoms with Gasteiger partial charge in [0.15, 0.2) is 0 Å². The van der Waals surface area contributed by atoms with E-state index in [0.717, 1.165) is 31.8 Å². The van der Waals surface area contributed by atoms with Gasteiger partial charge in [0, 0.05) is 13.0 Å². The van der Waals surface area contributed by atoms with Gasteiger partial charge in [-0.3, -0.25) is 4.79 Å². The Balaban J connectivity index is 3.20. The van der Waals surface area contributed by atoms with Gasteiger partial charge in [-0.2, -0.15) is 0 Å². The highest BCUT2D eigenvalue weighted by Crippen LogP contribution is 2.06. The summed E-state index contributed by atoms with van der Waals surface area (Å²) in [5.74, 6) is 1.29. The first-order chi connectivity index (χ1) is 8.52. The largest absolute Gasteiger partial charge is 0.463 e. The van der Waals surface area contributed by atoms with Crippen LogP contribution in [0.4, 0.5) is 0 Å². The van der Waals surface area contributed by atoms with Crippen molar-refractivity contribution < 1.29 is 14.3 Å². The second-order valence-corrected chi connectivity index (χ2v) is 5.65. The summed E-state index contributed by atoms with van der Waals surface area (Å²) in [6.07, 6.45) is 4.81. The van der Waals surface area contributed by atoms with Gasteiger partial charge in [0.05, 0.1) is 6.61 Å². The van der Waals surface area contributed by atoms with Crippen LogP contribution in [0.3, 0.4) is 0 Å². The van der Waals surface area contributed by atoms with Crippen LogP contribution >= 0.6 is 0 Å². The molecule has 3 heteroatoms. The highest BCUT2D eigenvalue weighted by molar-refractivity contribution is 5.69. The van der Waals surface area contributed by atoms with Crippen LogP contribution in [0.25, 0.3) is 0 Å². The predicted molar refractivity (Wildman–Crippen MR) is 74.5 cm³/mol. The normalized spacial score (nSPS) is 11.2. The van der Waals surface area contributed by atoms with Crippen LogP contribution in [0.15, 0.2) is 0 Å². The maximum Gasteiger partial charge on any atom is 0.305 e. The highest BCUT2D eigenvalue weighted by atomic mass is 16.6. The quantitative estimate of drug-likeness (QED) is 0.417. The van der Waals surface area contributed by atoms with Crippen molar-refractivity contribution in [3.8, 4) is 0 Å². The van der Waals surface area contributed by atoms with Gasteiger partial charge in [-0.1, -0.05) is 34.1 Å². The molecule has 0 atom stereocenters. The Hall–Kier alpha value is -0.570. The van der Waals surface area contributed by atoms with Crippen LogP contribution in [0.1, 0.15) is 59.8 Å². The number of hydrogen-bond acceptors (Lipinski definition) is 3. The molecule has 0 N–H and O–H groups in total. The summed E-state index contributed by atoms with van der Waals surface area (Å²) in [5.41, 5.74) is 0. The average Bonchev–Trinajstić information content (AvgIpc) is 2.26. The lowest BCUT2D eigenvalue weighted by molar-refractivity contribution is -0.145. The smallest absolute Gasteiger partial charge is 0.305 e. The fourth-order valence-corrected chi connectivity index (χ4v) is 1.64. The van der Waals surface area contributed by atoms with Gasteiger partial charge in [-0.15, -0.1) is 0 Å². The first-order valence-corrected chi connectivity index (χ1v) is 7.25. The minimum atomic E-state index is -0.0959. The van der Waals surface area contributed by atoms with Crippen molar-refractivity contribution in [1.82, 2.24) is 0 Å². The number of esters is 1. The molecule has 0 bridgehead atoms. The van der Waals surface area contributed by atoms with Crippen molar-refractivity contribution in [1.29, 1.82) is 0 Å². The van der Waals surface area contributed by atoms with E-state index in [1.165, 1.54) is 6.42 Å². The summed E-state index contributed by atoms with van der Waals surface area (Å²) in [5, 5.41) is 0. The second kappa shape index (κ2) is 11.5. The Morgan fingerprint density at radius 3 is 2.11 bits per heavy atom. The number of ether oxygens (including phenoxy) is 2. The van der Waals surface area contributed by atoms with Crippen LogP contribution in [0.5, 0.6) is 0 Å². The van der Waals surface area contributed by atoms with E-state index in [-0.39, 0.29) is 5.97 Å². The summed E-state index contributed by atoms with van der Waals surface area (Å²) >= 11 is 0. The fraction of sp³-hybridized carbons (Fsp3) is 0.933. The molecule has 108 valence electrons. The van der Waals surface area contributed by atoms with Crippen molar-refractivity contribution in [3.05, 3.63) is 0 Å². The summed E-state index contributed by atoms with van der Waals surface area (Å²) in [6.45, 7) is 10.4. The summed E-state index contributed by atoms with van der Waals surface area (Å²) in [4.78, 5) is 11.3. The van der Waals surface area contributed by atoms with Gasteiger partial charge >= 0.3 is 5.97 Å². The van der Waals surface area contributed by atoms with Crippen LogP contribution in [0.2, 0.25) is 0 Å². The fourth-order valence-electron chi connectivity index (χ4n) is 1.64. The Kier molecular flexibility index (Phi) is 11.2. The number of carbonyl (C=O) groups is 1. The molecular formula is C15H30O3. The highest BCUT2D eigenvalue weighted by Gasteiger charge is 2.03. The van der Waals surface area contributed by atoms with E-state index in [1.54, 1.807) is 0 Å². The monoisotopic (exact) mass is 258 g/mol. The zero-order chi connectivity index (χ0) is 13.8. The third kappa shape index (κ3) is 13.5. The minimum absolute atomic E-state index is 0.0959. The van der Waals surface area contributed by atoms with Gasteiger partial charge in [-0.05, 0) is 31.1 Å². The molecule has 0 radical (unpaired) electrons. The van der Waals surface area contributed by atoms with E-state index in [2.05, 4.69) is 27.7 Å². The van der Waals surface area contributed by atoms with E-state index in [0.29, 0.717) is 25.6 Å². The second-order valence-electron chi connectivity index (χ2n) is 5.65. The first-order valence-electron chi connectivity index (χ1n) is 7.25. The lowest BCUT2D eigenvalue weighted by atomic mass is 10.1. The van der Waals surface area contributed by atoms with Gasteiger partial charge < -0.3 is 9.47 Å². The summed E-state index contributed by atoms with van der Waals surface area (Å²) < 4.78 is 10.5. The Morgan fingerprint density at radius 2 is 1.50 bits per heavy atom. The van der Waals surface area contributed by atoms with Gasteiger partial charge in [0.1, 0.15) is 6.61 Å². The van der Waals surface area contributed by atoms with Gasteiger partial charge in [0.2, 0.25) is 0 Å². The van der Waals surface area contributed by atoms with E-state index in [9.17, 15) is 4.79 Å². The molecule has 0 aromatic carbocycles. The number of rotatable bonds is 11. The molecule has 0 unspecified atom stereocenters. The zero-order valence-corrected chi connectivity index (χ0v) is 12.5. The van der Waals surface area contributed by atoms with Crippen molar-refractivity contribution in [3.63, 3.8) is 0 Å². The average molecular weight is 258 g/mol. The molecular weight excluding hydrogens is 228 g/mol. The van der Waals surface area contributed by atoms with E-state index in [1.807, 2.05) is 0 Å². The topological polar surface area (TPSA) is 35.5 Å². The molecule has 3 nitrogen and oxygen atoms in total. The molecule has 0 spiro atoms. The molecule has 0 aromatic heterocycles.